The molecule has 0 aliphatic carbocycles. The quantitative estimate of drug-likeness (QED) is 0.724. The molecular weight excluding hydrogens is 152 g/mol. The first-order valence-corrected chi connectivity index (χ1v) is 4.25. The number of hydrogen-bond donors (Lipinski definition) is 2. The van der Waals surface area contributed by atoms with Crippen molar-refractivity contribution in [3.8, 4) is 11.5 Å². The molecule has 0 aliphatic rings. The van der Waals surface area contributed by atoms with Gasteiger partial charge in [-0.15, -0.1) is 0 Å². The van der Waals surface area contributed by atoms with Gasteiger partial charge in [-0.05, 0) is 24.5 Å². The Balaban J connectivity index is 2.72. The number of unbranched alkanes of at least 4 members (excludes halogenated alkanes) is 1. The Hall–Kier alpha value is -1.18. The van der Waals surface area contributed by atoms with Gasteiger partial charge in [0.1, 0.15) is 11.5 Å². The summed E-state index contributed by atoms with van der Waals surface area (Å²) in [6.07, 6.45) is 3.06. The minimum absolute atomic E-state index is 0.118. The standard InChI is InChI=1S/C10H14O2/c1-2-3-4-8-5-6-9(11)7-10(8)12/h5-7,11-12H,2-4H2,1H3. The molecule has 0 aliphatic heterocycles. The van der Waals surface area contributed by atoms with Crippen LogP contribution in [0.2, 0.25) is 0 Å². The topological polar surface area (TPSA) is 40.5 Å². The van der Waals surface area contributed by atoms with Crippen LogP contribution >= 0.6 is 0 Å². The zero-order chi connectivity index (χ0) is 8.97. The molecule has 0 saturated carbocycles. The molecule has 12 heavy (non-hydrogen) atoms. The maximum atomic E-state index is 9.36. The van der Waals surface area contributed by atoms with Crippen LogP contribution in [0.15, 0.2) is 18.2 Å². The summed E-state index contributed by atoms with van der Waals surface area (Å²) < 4.78 is 0. The Morgan fingerprint density at radius 1 is 1.25 bits per heavy atom. The summed E-state index contributed by atoms with van der Waals surface area (Å²) in [5, 5.41) is 18.4. The van der Waals surface area contributed by atoms with Crippen LogP contribution < -0.4 is 0 Å². The molecule has 0 radical (unpaired) electrons. The molecule has 2 nitrogen and oxygen atoms in total. The lowest BCUT2D eigenvalue weighted by Crippen LogP contribution is -1.84. The highest BCUT2D eigenvalue weighted by Gasteiger charge is 2.00. The van der Waals surface area contributed by atoms with Gasteiger partial charge in [-0.1, -0.05) is 19.4 Å². The predicted molar refractivity (Wildman–Crippen MR) is 48.4 cm³/mol. The van der Waals surface area contributed by atoms with Crippen LogP contribution in [0.1, 0.15) is 25.3 Å². The number of hydrogen-bond acceptors (Lipinski definition) is 2. The summed E-state index contributed by atoms with van der Waals surface area (Å²) in [5.74, 6) is 0.316. The van der Waals surface area contributed by atoms with Gasteiger partial charge in [0.15, 0.2) is 0 Å². The molecule has 0 spiro atoms. The number of phenolic OH excluding ortho intramolecular Hbond substituents is 2. The average molecular weight is 166 g/mol. The van der Waals surface area contributed by atoms with Crippen molar-refractivity contribution in [2.45, 2.75) is 26.2 Å². The van der Waals surface area contributed by atoms with Gasteiger partial charge in [0.2, 0.25) is 0 Å². The Labute approximate surface area is 72.5 Å². The van der Waals surface area contributed by atoms with Crippen LogP contribution in [0.5, 0.6) is 11.5 Å². The maximum Gasteiger partial charge on any atom is 0.122 e. The van der Waals surface area contributed by atoms with Crippen molar-refractivity contribution in [1.82, 2.24) is 0 Å². The lowest BCUT2D eigenvalue weighted by molar-refractivity contribution is 0.445. The van der Waals surface area contributed by atoms with E-state index in [1.54, 1.807) is 12.1 Å². The van der Waals surface area contributed by atoms with E-state index >= 15 is 0 Å². The van der Waals surface area contributed by atoms with E-state index in [-0.39, 0.29) is 11.5 Å². The van der Waals surface area contributed by atoms with Crippen LogP contribution in [0, 0.1) is 0 Å². The van der Waals surface area contributed by atoms with E-state index in [1.807, 2.05) is 0 Å². The Morgan fingerprint density at radius 2 is 2.00 bits per heavy atom. The molecule has 0 heterocycles. The molecule has 0 atom stereocenters. The highest BCUT2D eigenvalue weighted by Crippen LogP contribution is 2.23. The third-order valence-electron chi connectivity index (χ3n) is 1.87. The molecule has 0 aromatic heterocycles. The summed E-state index contributed by atoms with van der Waals surface area (Å²) >= 11 is 0. The van der Waals surface area contributed by atoms with Gasteiger partial charge < -0.3 is 10.2 Å². The number of aryl methyl sites for hydroxylation is 1. The van der Waals surface area contributed by atoms with E-state index < -0.39 is 0 Å². The van der Waals surface area contributed by atoms with Crippen molar-refractivity contribution in [3.05, 3.63) is 23.8 Å². The number of phenols is 2. The van der Waals surface area contributed by atoms with Crippen molar-refractivity contribution < 1.29 is 10.2 Å². The summed E-state index contributed by atoms with van der Waals surface area (Å²) in [6, 6.07) is 4.75. The Morgan fingerprint density at radius 3 is 2.58 bits per heavy atom. The van der Waals surface area contributed by atoms with Gasteiger partial charge in [0.05, 0.1) is 0 Å². The van der Waals surface area contributed by atoms with Crippen molar-refractivity contribution in [1.29, 1.82) is 0 Å². The number of benzene rings is 1. The maximum absolute atomic E-state index is 9.36. The van der Waals surface area contributed by atoms with Crippen molar-refractivity contribution in [2.75, 3.05) is 0 Å². The van der Waals surface area contributed by atoms with E-state index in [4.69, 9.17) is 5.11 Å². The molecule has 0 unspecified atom stereocenters. The van der Waals surface area contributed by atoms with Crippen molar-refractivity contribution in [2.24, 2.45) is 0 Å². The van der Waals surface area contributed by atoms with Gasteiger partial charge >= 0.3 is 0 Å². The van der Waals surface area contributed by atoms with Crippen LogP contribution in [0.3, 0.4) is 0 Å². The molecule has 2 N–H and O–H groups in total. The van der Waals surface area contributed by atoms with Gasteiger partial charge in [-0.2, -0.15) is 0 Å². The molecule has 0 amide bonds. The molecule has 1 aromatic carbocycles. The average Bonchev–Trinajstić information content (AvgIpc) is 2.03. The van der Waals surface area contributed by atoms with Gasteiger partial charge in [-0.3, -0.25) is 0 Å². The number of aromatic hydroxyl groups is 2. The lowest BCUT2D eigenvalue weighted by Gasteiger charge is -2.03. The third kappa shape index (κ3) is 2.16. The summed E-state index contributed by atoms with van der Waals surface area (Å²) in [4.78, 5) is 0. The first kappa shape index (κ1) is 8.91. The highest BCUT2D eigenvalue weighted by molar-refractivity contribution is 5.38. The summed E-state index contributed by atoms with van der Waals surface area (Å²) in [7, 11) is 0. The smallest absolute Gasteiger partial charge is 0.122 e. The number of rotatable bonds is 3. The molecule has 0 bridgehead atoms. The highest BCUT2D eigenvalue weighted by atomic mass is 16.3. The van der Waals surface area contributed by atoms with E-state index in [0.717, 1.165) is 24.8 Å². The van der Waals surface area contributed by atoms with E-state index in [2.05, 4.69) is 6.92 Å². The van der Waals surface area contributed by atoms with Crippen LogP contribution in [-0.2, 0) is 6.42 Å². The van der Waals surface area contributed by atoms with E-state index in [9.17, 15) is 5.11 Å². The van der Waals surface area contributed by atoms with Crippen LogP contribution in [0.25, 0.3) is 0 Å². The summed E-state index contributed by atoms with van der Waals surface area (Å²) in [6.45, 7) is 2.11. The van der Waals surface area contributed by atoms with Crippen molar-refractivity contribution in [3.63, 3.8) is 0 Å². The molecule has 2 heteroatoms. The second-order valence-electron chi connectivity index (χ2n) is 2.92. The van der Waals surface area contributed by atoms with Gasteiger partial charge in [0, 0.05) is 6.07 Å². The minimum atomic E-state index is 0.118. The zero-order valence-electron chi connectivity index (χ0n) is 7.25. The molecule has 0 saturated heterocycles. The molecule has 1 rings (SSSR count). The zero-order valence-corrected chi connectivity index (χ0v) is 7.25. The molecule has 66 valence electrons. The van der Waals surface area contributed by atoms with Crippen LogP contribution in [0.4, 0.5) is 0 Å². The van der Waals surface area contributed by atoms with Gasteiger partial charge in [-0.25, -0.2) is 0 Å². The second kappa shape index (κ2) is 4.00. The molecule has 0 fully saturated rings. The largest absolute Gasteiger partial charge is 0.508 e. The summed E-state index contributed by atoms with van der Waals surface area (Å²) in [5.41, 5.74) is 0.912. The minimum Gasteiger partial charge on any atom is -0.508 e. The monoisotopic (exact) mass is 166 g/mol. The normalized spacial score (nSPS) is 10.1. The fourth-order valence-corrected chi connectivity index (χ4v) is 1.13. The van der Waals surface area contributed by atoms with Gasteiger partial charge in [0.25, 0.3) is 0 Å². The molecular formula is C10H14O2. The predicted octanol–water partition coefficient (Wildman–Crippen LogP) is 2.44. The lowest BCUT2D eigenvalue weighted by atomic mass is 10.1. The van der Waals surface area contributed by atoms with E-state index in [0.29, 0.717) is 0 Å². The van der Waals surface area contributed by atoms with Crippen molar-refractivity contribution >= 4 is 0 Å². The molecule has 1 aromatic rings. The van der Waals surface area contributed by atoms with E-state index in [1.165, 1.54) is 6.07 Å². The fraction of sp³-hybridized carbons (Fsp3) is 0.400. The third-order valence-corrected chi connectivity index (χ3v) is 1.87. The first-order valence-electron chi connectivity index (χ1n) is 4.25. The Bertz CT molecular complexity index is 256. The SMILES string of the molecule is CCCCc1ccc(O)cc1O. The second-order valence-corrected chi connectivity index (χ2v) is 2.92. The first-order chi connectivity index (χ1) is 5.74. The Kier molecular flexibility index (Phi) is 2.97. The van der Waals surface area contributed by atoms with Crippen LogP contribution in [-0.4, -0.2) is 10.2 Å². The fourth-order valence-electron chi connectivity index (χ4n) is 1.13.